The van der Waals surface area contributed by atoms with Crippen molar-refractivity contribution in [1.29, 1.82) is 0 Å². The Labute approximate surface area is 126 Å². The van der Waals surface area contributed by atoms with E-state index in [0.717, 1.165) is 29.5 Å². The third kappa shape index (κ3) is 2.58. The van der Waals surface area contributed by atoms with Crippen molar-refractivity contribution in [3.05, 3.63) is 16.1 Å². The fourth-order valence-electron chi connectivity index (χ4n) is 2.50. The average molecular weight is 306 g/mol. The van der Waals surface area contributed by atoms with E-state index >= 15 is 0 Å². The van der Waals surface area contributed by atoms with Crippen molar-refractivity contribution >= 4 is 33.1 Å². The van der Waals surface area contributed by atoms with E-state index in [0.29, 0.717) is 28.6 Å². The van der Waals surface area contributed by atoms with Gasteiger partial charge in [0, 0.05) is 24.6 Å². The topological polar surface area (TPSA) is 90.1 Å². The second-order valence-corrected chi connectivity index (χ2v) is 6.29. The molecule has 0 radical (unpaired) electrons. The summed E-state index contributed by atoms with van der Waals surface area (Å²) >= 11 is 1.30. The van der Waals surface area contributed by atoms with Gasteiger partial charge in [0.15, 0.2) is 0 Å². The van der Waals surface area contributed by atoms with Crippen LogP contribution in [0.1, 0.15) is 33.8 Å². The Hall–Kier alpha value is -1.73. The minimum absolute atomic E-state index is 0.126. The van der Waals surface area contributed by atoms with Crippen molar-refractivity contribution < 1.29 is 9.53 Å². The van der Waals surface area contributed by atoms with Crippen LogP contribution in [0.2, 0.25) is 0 Å². The number of carbonyl (C=O) groups is 1. The molecule has 1 amide bonds. The van der Waals surface area contributed by atoms with Crippen LogP contribution in [-0.2, 0) is 4.74 Å². The van der Waals surface area contributed by atoms with E-state index in [-0.39, 0.29) is 11.9 Å². The molecular weight excluding hydrogens is 288 g/mol. The molecule has 0 atom stereocenters. The molecule has 0 saturated carbocycles. The van der Waals surface area contributed by atoms with E-state index in [9.17, 15) is 4.79 Å². The van der Waals surface area contributed by atoms with Gasteiger partial charge in [0.25, 0.3) is 5.91 Å². The second-order valence-electron chi connectivity index (χ2n) is 5.30. The lowest BCUT2D eigenvalue weighted by atomic mass is 10.1. The molecule has 21 heavy (non-hydrogen) atoms. The van der Waals surface area contributed by atoms with Crippen molar-refractivity contribution in [2.75, 3.05) is 18.9 Å². The van der Waals surface area contributed by atoms with Gasteiger partial charge in [-0.1, -0.05) is 0 Å². The number of hydrogen-bond donors (Lipinski definition) is 2. The minimum Gasteiger partial charge on any atom is -0.397 e. The number of fused-ring (bicyclic) bond motifs is 1. The molecule has 6 nitrogen and oxygen atoms in total. The molecule has 0 unspecified atom stereocenters. The number of hydrogen-bond acceptors (Lipinski definition) is 6. The number of aromatic nitrogens is 2. The fraction of sp³-hybridized carbons (Fsp3) is 0.500. The van der Waals surface area contributed by atoms with E-state index in [4.69, 9.17) is 10.5 Å². The normalized spacial score (nSPS) is 16.3. The molecule has 2 aromatic rings. The van der Waals surface area contributed by atoms with Gasteiger partial charge in [-0.3, -0.25) is 4.79 Å². The lowest BCUT2D eigenvalue weighted by molar-refractivity contribution is 0.0699. The number of amides is 1. The predicted octanol–water partition coefficient (Wildman–Crippen LogP) is 1.80. The number of nitrogens with one attached hydrogen (secondary N) is 1. The number of rotatable bonds is 2. The van der Waals surface area contributed by atoms with E-state index in [1.165, 1.54) is 11.3 Å². The van der Waals surface area contributed by atoms with Crippen molar-refractivity contribution in [1.82, 2.24) is 15.5 Å². The predicted molar refractivity (Wildman–Crippen MR) is 82.6 cm³/mol. The first-order valence-corrected chi connectivity index (χ1v) is 7.80. The zero-order chi connectivity index (χ0) is 15.0. The van der Waals surface area contributed by atoms with Gasteiger partial charge in [-0.2, -0.15) is 5.10 Å². The molecule has 0 bridgehead atoms. The van der Waals surface area contributed by atoms with E-state index < -0.39 is 0 Å². The van der Waals surface area contributed by atoms with Gasteiger partial charge in [0.1, 0.15) is 9.71 Å². The Bertz CT molecular complexity index is 692. The number of aryl methyl sites for hydroxylation is 2. The SMILES string of the molecule is Cc1nnc2sc(C(=O)NC3CCOCC3)c(N)c2c1C. The summed E-state index contributed by atoms with van der Waals surface area (Å²) in [6.45, 7) is 5.23. The summed E-state index contributed by atoms with van der Waals surface area (Å²) in [5, 5.41) is 12.1. The highest BCUT2D eigenvalue weighted by atomic mass is 32.1. The molecule has 0 aliphatic carbocycles. The number of anilines is 1. The summed E-state index contributed by atoms with van der Waals surface area (Å²) in [4.78, 5) is 13.7. The van der Waals surface area contributed by atoms with Crippen LogP contribution >= 0.6 is 11.3 Å². The highest BCUT2D eigenvalue weighted by Gasteiger charge is 2.23. The maximum Gasteiger partial charge on any atom is 0.263 e. The van der Waals surface area contributed by atoms with E-state index in [2.05, 4.69) is 15.5 Å². The largest absolute Gasteiger partial charge is 0.397 e. The zero-order valence-electron chi connectivity index (χ0n) is 12.1. The molecule has 1 aliphatic heterocycles. The van der Waals surface area contributed by atoms with Gasteiger partial charge in [-0.15, -0.1) is 16.4 Å². The molecule has 0 spiro atoms. The smallest absolute Gasteiger partial charge is 0.263 e. The van der Waals surface area contributed by atoms with Crippen LogP contribution in [0.5, 0.6) is 0 Å². The van der Waals surface area contributed by atoms with E-state index in [1.807, 2.05) is 13.8 Å². The van der Waals surface area contributed by atoms with Crippen LogP contribution in [-0.4, -0.2) is 35.4 Å². The molecule has 112 valence electrons. The lowest BCUT2D eigenvalue weighted by Crippen LogP contribution is -2.38. The molecular formula is C14H18N4O2S. The van der Waals surface area contributed by atoms with Gasteiger partial charge in [-0.05, 0) is 32.3 Å². The monoisotopic (exact) mass is 306 g/mol. The number of ether oxygens (including phenoxy) is 1. The van der Waals surface area contributed by atoms with Gasteiger partial charge < -0.3 is 15.8 Å². The highest BCUT2D eigenvalue weighted by Crippen LogP contribution is 2.34. The molecule has 3 rings (SSSR count). The minimum atomic E-state index is -0.126. The summed E-state index contributed by atoms with van der Waals surface area (Å²) in [7, 11) is 0. The van der Waals surface area contributed by atoms with Crippen LogP contribution in [0.4, 0.5) is 5.69 Å². The summed E-state index contributed by atoms with van der Waals surface area (Å²) in [5.74, 6) is -0.126. The Morgan fingerprint density at radius 3 is 2.76 bits per heavy atom. The maximum atomic E-state index is 12.4. The molecule has 7 heteroatoms. The molecule has 2 aromatic heterocycles. The standard InChI is InChI=1S/C14H18N4O2S/c1-7-8(2)17-18-14-10(7)11(15)12(21-14)13(19)16-9-3-5-20-6-4-9/h9H,3-6,15H2,1-2H3,(H,16,19). The molecule has 1 aliphatic rings. The van der Waals surface area contributed by atoms with Gasteiger partial charge in [0.05, 0.1) is 11.4 Å². The number of nitrogens with two attached hydrogens (primary N) is 1. The summed E-state index contributed by atoms with van der Waals surface area (Å²) in [6.07, 6.45) is 1.68. The first-order chi connectivity index (χ1) is 10.1. The van der Waals surface area contributed by atoms with Crippen LogP contribution in [0.15, 0.2) is 0 Å². The number of carbonyl (C=O) groups excluding carboxylic acids is 1. The van der Waals surface area contributed by atoms with Gasteiger partial charge in [-0.25, -0.2) is 0 Å². The third-order valence-corrected chi connectivity index (χ3v) is 4.99. The first kappa shape index (κ1) is 14.2. The molecule has 1 fully saturated rings. The van der Waals surface area contributed by atoms with Crippen molar-refractivity contribution in [2.24, 2.45) is 0 Å². The van der Waals surface area contributed by atoms with Crippen molar-refractivity contribution in [2.45, 2.75) is 32.7 Å². The van der Waals surface area contributed by atoms with Crippen LogP contribution in [0, 0.1) is 13.8 Å². The summed E-state index contributed by atoms with van der Waals surface area (Å²) in [5.41, 5.74) is 8.50. The summed E-state index contributed by atoms with van der Waals surface area (Å²) in [6, 6.07) is 0.157. The molecule has 0 aromatic carbocycles. The van der Waals surface area contributed by atoms with Crippen molar-refractivity contribution in [3.63, 3.8) is 0 Å². The number of nitrogen functional groups attached to an aromatic ring is 1. The van der Waals surface area contributed by atoms with Crippen LogP contribution < -0.4 is 11.1 Å². The fourth-order valence-corrected chi connectivity index (χ4v) is 3.51. The molecule has 3 N–H and O–H groups in total. The quantitative estimate of drug-likeness (QED) is 0.883. The maximum absolute atomic E-state index is 12.4. The van der Waals surface area contributed by atoms with Gasteiger partial charge in [0.2, 0.25) is 0 Å². The molecule has 1 saturated heterocycles. The Morgan fingerprint density at radius 2 is 2.05 bits per heavy atom. The third-order valence-electron chi connectivity index (χ3n) is 3.90. The van der Waals surface area contributed by atoms with Crippen molar-refractivity contribution in [3.8, 4) is 0 Å². The Kier molecular flexibility index (Phi) is 3.77. The highest BCUT2D eigenvalue weighted by molar-refractivity contribution is 7.21. The number of thiophene rings is 1. The Morgan fingerprint density at radius 1 is 1.33 bits per heavy atom. The molecule has 3 heterocycles. The Balaban J connectivity index is 1.91. The second kappa shape index (κ2) is 5.57. The summed E-state index contributed by atoms with van der Waals surface area (Å²) < 4.78 is 5.30. The zero-order valence-corrected chi connectivity index (χ0v) is 12.9. The lowest BCUT2D eigenvalue weighted by Gasteiger charge is -2.22. The van der Waals surface area contributed by atoms with Gasteiger partial charge >= 0.3 is 0 Å². The number of nitrogens with zero attached hydrogens (tertiary/aromatic N) is 2. The van der Waals surface area contributed by atoms with Crippen LogP contribution in [0.25, 0.3) is 10.2 Å². The van der Waals surface area contributed by atoms with Crippen LogP contribution in [0.3, 0.4) is 0 Å². The average Bonchev–Trinajstić information content (AvgIpc) is 2.82. The first-order valence-electron chi connectivity index (χ1n) is 6.98. The van der Waals surface area contributed by atoms with E-state index in [1.54, 1.807) is 0 Å².